The lowest BCUT2D eigenvalue weighted by Crippen LogP contribution is -2.00. The van der Waals surface area contributed by atoms with Crippen molar-refractivity contribution in [2.75, 3.05) is 0 Å². The molecule has 0 heterocycles. The normalized spacial score (nSPS) is 9.38. The Morgan fingerprint density at radius 2 is 1.77 bits per heavy atom. The van der Waals surface area contributed by atoms with Gasteiger partial charge in [-0.15, -0.1) is 0 Å². The second-order valence-electron chi connectivity index (χ2n) is 2.74. The zero-order valence-corrected chi connectivity index (χ0v) is 7.28. The summed E-state index contributed by atoms with van der Waals surface area (Å²) in [6.45, 7) is 5.63. The molecule has 3 heteroatoms. The molecule has 3 nitrogen and oxygen atoms in total. The summed E-state index contributed by atoms with van der Waals surface area (Å²) in [5.74, 6) is -0.756. The van der Waals surface area contributed by atoms with Gasteiger partial charge in [-0.25, -0.2) is 4.79 Å². The molecule has 0 fully saturated rings. The summed E-state index contributed by atoms with van der Waals surface area (Å²) in [6, 6.07) is 6.63. The first-order chi connectivity index (χ1) is 6.15. The molecule has 13 heavy (non-hydrogen) atoms. The molecule has 1 aromatic carbocycles. The predicted octanol–water partition coefficient (Wildman–Crippen LogP) is 2.35. The van der Waals surface area contributed by atoms with Crippen LogP contribution < -0.4 is 0 Å². The van der Waals surface area contributed by atoms with Gasteiger partial charge in [-0.3, -0.25) is 4.89 Å². The van der Waals surface area contributed by atoms with Gasteiger partial charge in [0.2, 0.25) is 0 Å². The van der Waals surface area contributed by atoms with Crippen molar-refractivity contribution in [3.8, 4) is 0 Å². The molecule has 0 saturated heterocycles. The lowest BCUT2D eigenvalue weighted by molar-refractivity contribution is -0.182. The highest BCUT2D eigenvalue weighted by molar-refractivity contribution is 5.89. The SMILES string of the molecule is C=C(C)c1ccc(C(=O)OO)cc1. The fraction of sp³-hybridized carbons (Fsp3) is 0.100. The minimum atomic E-state index is -0.756. The highest BCUT2D eigenvalue weighted by Gasteiger charge is 2.05. The summed E-state index contributed by atoms with van der Waals surface area (Å²) in [6.07, 6.45) is 0. The molecule has 1 rings (SSSR count). The number of rotatable bonds is 2. The lowest BCUT2D eigenvalue weighted by atomic mass is 10.1. The van der Waals surface area contributed by atoms with E-state index in [1.54, 1.807) is 24.3 Å². The standard InChI is InChI=1S/C10H10O3/c1-7(2)8-3-5-9(6-4-8)10(11)13-12/h3-6,12H,1H2,2H3. The van der Waals surface area contributed by atoms with Gasteiger partial charge < -0.3 is 0 Å². The van der Waals surface area contributed by atoms with Gasteiger partial charge in [0.05, 0.1) is 5.56 Å². The van der Waals surface area contributed by atoms with Gasteiger partial charge in [-0.2, -0.15) is 5.26 Å². The summed E-state index contributed by atoms with van der Waals surface area (Å²) >= 11 is 0. The number of allylic oxidation sites excluding steroid dienone is 1. The van der Waals surface area contributed by atoms with Crippen molar-refractivity contribution in [1.29, 1.82) is 0 Å². The van der Waals surface area contributed by atoms with Crippen molar-refractivity contribution in [1.82, 2.24) is 0 Å². The van der Waals surface area contributed by atoms with E-state index in [1.165, 1.54) is 0 Å². The summed E-state index contributed by atoms with van der Waals surface area (Å²) in [5, 5.41) is 8.10. The fourth-order valence-electron chi connectivity index (χ4n) is 0.944. The Morgan fingerprint density at radius 3 is 2.15 bits per heavy atom. The summed E-state index contributed by atoms with van der Waals surface area (Å²) in [4.78, 5) is 14.4. The van der Waals surface area contributed by atoms with Crippen LogP contribution in [0.15, 0.2) is 30.8 Å². The van der Waals surface area contributed by atoms with Crippen molar-refractivity contribution in [2.45, 2.75) is 6.92 Å². The van der Waals surface area contributed by atoms with E-state index < -0.39 is 5.97 Å². The Kier molecular flexibility index (Phi) is 2.82. The van der Waals surface area contributed by atoms with Crippen LogP contribution in [0, 0.1) is 0 Å². The fourth-order valence-corrected chi connectivity index (χ4v) is 0.944. The molecule has 0 amide bonds. The zero-order valence-electron chi connectivity index (χ0n) is 7.28. The average molecular weight is 178 g/mol. The Labute approximate surface area is 76.2 Å². The second kappa shape index (κ2) is 3.87. The first kappa shape index (κ1) is 9.48. The second-order valence-corrected chi connectivity index (χ2v) is 2.74. The van der Waals surface area contributed by atoms with E-state index >= 15 is 0 Å². The van der Waals surface area contributed by atoms with Crippen LogP contribution >= 0.6 is 0 Å². The van der Waals surface area contributed by atoms with Crippen LogP contribution in [0.4, 0.5) is 0 Å². The van der Waals surface area contributed by atoms with Crippen LogP contribution in [0.3, 0.4) is 0 Å². The lowest BCUT2D eigenvalue weighted by Gasteiger charge is -2.00. The Hall–Kier alpha value is -1.61. The van der Waals surface area contributed by atoms with E-state index in [0.29, 0.717) is 5.56 Å². The molecule has 0 bridgehead atoms. The number of benzene rings is 1. The molecule has 0 unspecified atom stereocenters. The van der Waals surface area contributed by atoms with Gasteiger partial charge in [0.25, 0.3) is 0 Å². The van der Waals surface area contributed by atoms with Crippen LogP contribution in [0.25, 0.3) is 5.57 Å². The van der Waals surface area contributed by atoms with E-state index in [0.717, 1.165) is 11.1 Å². The third-order valence-corrected chi connectivity index (χ3v) is 1.70. The minimum absolute atomic E-state index is 0.313. The smallest absolute Gasteiger partial charge is 0.296 e. The highest BCUT2D eigenvalue weighted by atomic mass is 17.1. The molecule has 0 aliphatic carbocycles. The van der Waals surface area contributed by atoms with E-state index in [9.17, 15) is 4.79 Å². The number of hydrogen-bond acceptors (Lipinski definition) is 3. The molecule has 0 spiro atoms. The summed E-state index contributed by atoms with van der Waals surface area (Å²) in [5.41, 5.74) is 2.19. The summed E-state index contributed by atoms with van der Waals surface area (Å²) in [7, 11) is 0. The molecule has 1 aromatic rings. The van der Waals surface area contributed by atoms with Crippen molar-refractivity contribution < 1.29 is 14.9 Å². The van der Waals surface area contributed by atoms with Crippen LogP contribution in [0.1, 0.15) is 22.8 Å². The van der Waals surface area contributed by atoms with Gasteiger partial charge in [0, 0.05) is 0 Å². The Morgan fingerprint density at radius 1 is 1.31 bits per heavy atom. The van der Waals surface area contributed by atoms with Crippen molar-refractivity contribution in [2.24, 2.45) is 0 Å². The van der Waals surface area contributed by atoms with Crippen LogP contribution in [0.2, 0.25) is 0 Å². The third-order valence-electron chi connectivity index (χ3n) is 1.70. The topological polar surface area (TPSA) is 46.5 Å². The molecule has 0 saturated carbocycles. The van der Waals surface area contributed by atoms with Gasteiger partial charge in [0.1, 0.15) is 0 Å². The number of carbonyl (C=O) groups excluding carboxylic acids is 1. The molecular formula is C10H10O3. The molecule has 68 valence electrons. The number of hydrogen-bond donors (Lipinski definition) is 1. The first-order valence-electron chi connectivity index (χ1n) is 3.77. The Bertz CT molecular complexity index is 325. The van der Waals surface area contributed by atoms with Crippen LogP contribution in [0.5, 0.6) is 0 Å². The Balaban J connectivity index is 2.93. The molecule has 1 N–H and O–H groups in total. The van der Waals surface area contributed by atoms with Crippen LogP contribution in [-0.4, -0.2) is 11.2 Å². The average Bonchev–Trinajstić information content (AvgIpc) is 2.17. The minimum Gasteiger partial charge on any atom is -0.296 e. The molecule has 0 aliphatic heterocycles. The monoisotopic (exact) mass is 178 g/mol. The van der Waals surface area contributed by atoms with E-state index in [1.807, 2.05) is 6.92 Å². The van der Waals surface area contributed by atoms with E-state index in [4.69, 9.17) is 5.26 Å². The van der Waals surface area contributed by atoms with Gasteiger partial charge >= 0.3 is 5.97 Å². The molecule has 0 aromatic heterocycles. The van der Waals surface area contributed by atoms with Crippen molar-refractivity contribution >= 4 is 11.5 Å². The first-order valence-corrected chi connectivity index (χ1v) is 3.77. The van der Waals surface area contributed by atoms with E-state index in [2.05, 4.69) is 11.5 Å². The quantitative estimate of drug-likeness (QED) is 0.558. The van der Waals surface area contributed by atoms with Crippen LogP contribution in [-0.2, 0) is 4.89 Å². The molecular weight excluding hydrogens is 168 g/mol. The van der Waals surface area contributed by atoms with Crippen molar-refractivity contribution in [3.63, 3.8) is 0 Å². The number of carbonyl (C=O) groups is 1. The predicted molar refractivity (Wildman–Crippen MR) is 49.2 cm³/mol. The largest absolute Gasteiger partial charge is 0.372 e. The molecule has 0 radical (unpaired) electrons. The third kappa shape index (κ3) is 2.16. The summed E-state index contributed by atoms with van der Waals surface area (Å²) < 4.78 is 0. The zero-order chi connectivity index (χ0) is 9.84. The van der Waals surface area contributed by atoms with E-state index in [-0.39, 0.29) is 0 Å². The molecule has 0 aliphatic rings. The maximum Gasteiger partial charge on any atom is 0.372 e. The maximum absolute atomic E-state index is 10.8. The van der Waals surface area contributed by atoms with Crippen molar-refractivity contribution in [3.05, 3.63) is 42.0 Å². The van der Waals surface area contributed by atoms with Gasteiger partial charge in [0.15, 0.2) is 0 Å². The highest BCUT2D eigenvalue weighted by Crippen LogP contribution is 2.12. The van der Waals surface area contributed by atoms with Gasteiger partial charge in [-0.1, -0.05) is 24.3 Å². The van der Waals surface area contributed by atoms with Gasteiger partial charge in [-0.05, 0) is 24.6 Å². The molecule has 0 atom stereocenters. The maximum atomic E-state index is 10.8.